The zero-order valence-corrected chi connectivity index (χ0v) is 15.5. The third-order valence-electron chi connectivity index (χ3n) is 4.90. The molecule has 130 valence electrons. The molecule has 1 aliphatic heterocycles. The predicted octanol–water partition coefficient (Wildman–Crippen LogP) is 5.45. The first-order valence-electron chi connectivity index (χ1n) is 10.1. The molecule has 0 unspecified atom stereocenters. The van der Waals surface area contributed by atoms with E-state index >= 15 is 0 Å². The van der Waals surface area contributed by atoms with Crippen LogP contribution < -0.4 is 0 Å². The summed E-state index contributed by atoms with van der Waals surface area (Å²) in [6, 6.07) is 0. The van der Waals surface area contributed by atoms with Crippen molar-refractivity contribution in [2.75, 3.05) is 26.7 Å². The van der Waals surface area contributed by atoms with Gasteiger partial charge in [0.05, 0.1) is 13.6 Å². The monoisotopic (exact) mass is 309 g/mol. The summed E-state index contributed by atoms with van der Waals surface area (Å²) in [5, 5.41) is 0. The van der Waals surface area contributed by atoms with E-state index in [1.165, 1.54) is 110 Å². The van der Waals surface area contributed by atoms with Crippen LogP contribution in [0.1, 0.15) is 96.8 Å². The van der Waals surface area contributed by atoms with Crippen molar-refractivity contribution in [1.82, 2.24) is 4.90 Å². The standard InChI is InChI=1S/C20H41N2/c1-3-4-5-6-7-8-9-10-11-12-13-14-15-16-17-22-19-18-21(2)20-22/h20H,3-19H2,1-2H3/q+1. The highest BCUT2D eigenvalue weighted by atomic mass is 15.2. The van der Waals surface area contributed by atoms with Gasteiger partial charge in [-0.1, -0.05) is 84.0 Å². The molecule has 0 aromatic carbocycles. The summed E-state index contributed by atoms with van der Waals surface area (Å²) >= 11 is 0. The molecule has 0 aromatic rings. The number of hydrogen-bond acceptors (Lipinski definition) is 1. The summed E-state index contributed by atoms with van der Waals surface area (Å²) in [6.07, 6.45) is 22.6. The second-order valence-corrected chi connectivity index (χ2v) is 7.23. The summed E-state index contributed by atoms with van der Waals surface area (Å²) in [4.78, 5) is 2.47. The Morgan fingerprint density at radius 1 is 0.727 bits per heavy atom. The molecule has 0 amide bonds. The van der Waals surface area contributed by atoms with Gasteiger partial charge in [0.2, 0.25) is 6.34 Å². The van der Waals surface area contributed by atoms with E-state index in [4.69, 9.17) is 0 Å². The van der Waals surface area contributed by atoms with Crippen molar-refractivity contribution < 1.29 is 4.58 Å². The van der Waals surface area contributed by atoms with Gasteiger partial charge < -0.3 is 0 Å². The topological polar surface area (TPSA) is 6.25 Å². The Balaban J connectivity index is 1.70. The van der Waals surface area contributed by atoms with E-state index in [2.05, 4.69) is 29.8 Å². The average Bonchev–Trinajstić information content (AvgIpc) is 2.93. The van der Waals surface area contributed by atoms with E-state index in [-0.39, 0.29) is 0 Å². The van der Waals surface area contributed by atoms with Crippen molar-refractivity contribution in [2.24, 2.45) is 0 Å². The molecule has 0 fully saturated rings. The molecule has 0 saturated carbocycles. The molecule has 0 N–H and O–H groups in total. The minimum absolute atomic E-state index is 1.21. The molecule has 1 heterocycles. The van der Waals surface area contributed by atoms with E-state index in [0.29, 0.717) is 0 Å². The SMILES string of the molecule is CCCCCCCCCCCCCCCCN1C=[N+](C)CC1. The first kappa shape index (κ1) is 19.5. The van der Waals surface area contributed by atoms with Crippen LogP contribution in [0.15, 0.2) is 0 Å². The van der Waals surface area contributed by atoms with Crippen LogP contribution in [0.4, 0.5) is 0 Å². The first-order chi connectivity index (χ1) is 10.8. The van der Waals surface area contributed by atoms with Gasteiger partial charge in [0.25, 0.3) is 0 Å². The molecular weight excluding hydrogens is 268 g/mol. The Morgan fingerprint density at radius 2 is 1.18 bits per heavy atom. The smallest absolute Gasteiger partial charge is 0.234 e. The minimum atomic E-state index is 1.21. The summed E-state index contributed by atoms with van der Waals surface area (Å²) in [5.41, 5.74) is 0. The Morgan fingerprint density at radius 3 is 1.59 bits per heavy atom. The molecule has 1 rings (SSSR count). The van der Waals surface area contributed by atoms with Gasteiger partial charge >= 0.3 is 0 Å². The van der Waals surface area contributed by atoms with E-state index in [1.807, 2.05) is 0 Å². The lowest BCUT2D eigenvalue weighted by Crippen LogP contribution is -2.20. The summed E-state index contributed by atoms with van der Waals surface area (Å²) in [6.45, 7) is 6.00. The molecule has 0 atom stereocenters. The van der Waals surface area contributed by atoms with Crippen molar-refractivity contribution >= 4 is 6.34 Å². The van der Waals surface area contributed by atoms with Gasteiger partial charge in [-0.3, -0.25) is 9.48 Å². The average molecular weight is 310 g/mol. The lowest BCUT2D eigenvalue weighted by Gasteiger charge is -2.06. The molecule has 1 aliphatic rings. The van der Waals surface area contributed by atoms with Crippen LogP contribution in [0, 0.1) is 0 Å². The molecule has 0 spiro atoms. The van der Waals surface area contributed by atoms with Gasteiger partial charge in [0.15, 0.2) is 0 Å². The van der Waals surface area contributed by atoms with Crippen molar-refractivity contribution in [1.29, 1.82) is 0 Å². The highest BCUT2D eigenvalue weighted by Crippen LogP contribution is 2.13. The van der Waals surface area contributed by atoms with Gasteiger partial charge in [0.1, 0.15) is 13.1 Å². The fourth-order valence-electron chi connectivity index (χ4n) is 3.36. The fourth-order valence-corrected chi connectivity index (χ4v) is 3.36. The van der Waals surface area contributed by atoms with Crippen molar-refractivity contribution in [3.8, 4) is 0 Å². The Kier molecular flexibility index (Phi) is 12.5. The fraction of sp³-hybridized carbons (Fsp3) is 0.950. The Hall–Kier alpha value is -0.530. The lowest BCUT2D eigenvalue weighted by molar-refractivity contribution is -0.482. The van der Waals surface area contributed by atoms with Crippen LogP contribution in [-0.4, -0.2) is 42.5 Å². The molecule has 0 radical (unpaired) electrons. The number of hydrogen-bond donors (Lipinski definition) is 0. The van der Waals surface area contributed by atoms with Crippen LogP contribution in [-0.2, 0) is 0 Å². The lowest BCUT2D eigenvalue weighted by atomic mass is 10.0. The maximum absolute atomic E-state index is 2.47. The van der Waals surface area contributed by atoms with Gasteiger partial charge in [-0.05, 0) is 12.8 Å². The number of rotatable bonds is 15. The van der Waals surface area contributed by atoms with Crippen LogP contribution in [0.5, 0.6) is 0 Å². The molecule has 22 heavy (non-hydrogen) atoms. The Bertz CT molecular complexity index is 273. The van der Waals surface area contributed by atoms with E-state index in [1.54, 1.807) is 0 Å². The number of unbranched alkanes of at least 4 members (excludes halogenated alkanes) is 13. The molecule has 0 aromatic heterocycles. The highest BCUT2D eigenvalue weighted by Gasteiger charge is 2.14. The molecule has 0 saturated heterocycles. The Labute approximate surface area is 140 Å². The highest BCUT2D eigenvalue weighted by molar-refractivity contribution is 5.50. The van der Waals surface area contributed by atoms with Crippen LogP contribution in [0.2, 0.25) is 0 Å². The van der Waals surface area contributed by atoms with Gasteiger partial charge in [-0.15, -0.1) is 0 Å². The van der Waals surface area contributed by atoms with Crippen molar-refractivity contribution in [3.05, 3.63) is 0 Å². The van der Waals surface area contributed by atoms with Crippen molar-refractivity contribution in [3.63, 3.8) is 0 Å². The van der Waals surface area contributed by atoms with E-state index in [9.17, 15) is 0 Å². The first-order valence-corrected chi connectivity index (χ1v) is 10.1. The summed E-state index contributed by atoms with van der Waals surface area (Å²) in [5.74, 6) is 0. The maximum atomic E-state index is 2.47. The van der Waals surface area contributed by atoms with E-state index in [0.717, 1.165) is 0 Å². The normalized spacial score (nSPS) is 14.6. The third kappa shape index (κ3) is 11.1. The minimum Gasteiger partial charge on any atom is -0.267 e. The third-order valence-corrected chi connectivity index (χ3v) is 4.90. The number of likely N-dealkylation sites (N-methyl/N-ethyl adjacent to an activating group) is 1. The second-order valence-electron chi connectivity index (χ2n) is 7.23. The van der Waals surface area contributed by atoms with Crippen LogP contribution in [0.3, 0.4) is 0 Å². The van der Waals surface area contributed by atoms with Crippen LogP contribution in [0.25, 0.3) is 0 Å². The zero-order valence-electron chi connectivity index (χ0n) is 15.5. The van der Waals surface area contributed by atoms with Gasteiger partial charge in [-0.2, -0.15) is 0 Å². The summed E-state index contributed by atoms with van der Waals surface area (Å²) in [7, 11) is 2.17. The van der Waals surface area contributed by atoms with E-state index < -0.39 is 0 Å². The predicted molar refractivity (Wildman–Crippen MR) is 99.0 cm³/mol. The molecular formula is C20H41N2+. The molecule has 0 bridgehead atoms. The van der Waals surface area contributed by atoms with Gasteiger partial charge in [-0.25, -0.2) is 0 Å². The van der Waals surface area contributed by atoms with Crippen molar-refractivity contribution in [2.45, 2.75) is 96.8 Å². The molecule has 0 aliphatic carbocycles. The zero-order chi connectivity index (χ0) is 15.9. The maximum Gasteiger partial charge on any atom is 0.234 e. The largest absolute Gasteiger partial charge is 0.267 e. The van der Waals surface area contributed by atoms with Crippen LogP contribution >= 0.6 is 0 Å². The molecule has 2 heteroatoms. The second kappa shape index (κ2) is 14.1. The summed E-state index contributed by atoms with van der Waals surface area (Å²) < 4.78 is 2.30. The van der Waals surface area contributed by atoms with Gasteiger partial charge in [0, 0.05) is 0 Å². The molecule has 2 nitrogen and oxygen atoms in total. The number of nitrogens with zero attached hydrogens (tertiary/aromatic N) is 2. The quantitative estimate of drug-likeness (QED) is 0.288.